The van der Waals surface area contributed by atoms with Crippen molar-refractivity contribution in [1.29, 1.82) is 0 Å². The molecule has 0 fully saturated rings. The number of para-hydroxylation sites is 1. The monoisotopic (exact) mass is 498 g/mol. The van der Waals surface area contributed by atoms with Gasteiger partial charge in [0.05, 0.1) is 17.1 Å². The number of sulfonamides is 1. The van der Waals surface area contributed by atoms with Crippen molar-refractivity contribution >= 4 is 49.2 Å². The van der Waals surface area contributed by atoms with E-state index in [9.17, 15) is 13.2 Å². The van der Waals surface area contributed by atoms with Crippen molar-refractivity contribution in [2.45, 2.75) is 17.9 Å². The number of ether oxygens (including phenoxy) is 1. The minimum absolute atomic E-state index is 0.147. The maximum absolute atomic E-state index is 13.5. The predicted molar refractivity (Wildman–Crippen MR) is 139 cm³/mol. The second-order valence-electron chi connectivity index (χ2n) is 8.73. The molecule has 0 unspecified atom stereocenters. The Bertz CT molecular complexity index is 1730. The number of rotatable bonds is 4. The maximum atomic E-state index is 13.5. The van der Waals surface area contributed by atoms with Gasteiger partial charge in [-0.3, -0.25) is 9.10 Å². The number of hydrogen-bond donors (Lipinski definition) is 1. The molecule has 1 aliphatic heterocycles. The first-order valence-electron chi connectivity index (χ1n) is 11.5. The van der Waals surface area contributed by atoms with Gasteiger partial charge in [0.25, 0.3) is 15.9 Å². The third kappa shape index (κ3) is 3.76. The van der Waals surface area contributed by atoms with Gasteiger partial charge in [0.2, 0.25) is 0 Å². The standard InChI is InChI=1S/C28H22N2O5S/c1-18-11-14-25-23(15-18)30(36(32,33)20-7-3-2-4-8-20)17-27(35-25)28(31)29-19-12-13-22-21-9-5-6-10-24(21)34-26(22)16-19/h2-16,27H,17H2,1H3,(H,29,31)/t27-/m1/s1. The molecule has 1 amide bonds. The molecule has 1 aliphatic rings. The summed E-state index contributed by atoms with van der Waals surface area (Å²) in [6, 6.07) is 26.6. The van der Waals surface area contributed by atoms with Gasteiger partial charge in [0.1, 0.15) is 16.9 Å². The molecule has 0 spiro atoms. The van der Waals surface area contributed by atoms with Crippen LogP contribution in [0.4, 0.5) is 11.4 Å². The van der Waals surface area contributed by atoms with Gasteiger partial charge < -0.3 is 14.5 Å². The minimum atomic E-state index is -3.92. The first-order chi connectivity index (χ1) is 17.4. The van der Waals surface area contributed by atoms with E-state index in [1.807, 2.05) is 43.3 Å². The molecule has 0 aliphatic carbocycles. The number of hydrogen-bond acceptors (Lipinski definition) is 5. The maximum Gasteiger partial charge on any atom is 0.267 e. The van der Waals surface area contributed by atoms with Crippen LogP contribution in [0.3, 0.4) is 0 Å². The quantitative estimate of drug-likeness (QED) is 0.354. The second kappa shape index (κ2) is 8.42. The molecule has 0 radical (unpaired) electrons. The van der Waals surface area contributed by atoms with Gasteiger partial charge in [0, 0.05) is 22.5 Å². The smallest absolute Gasteiger partial charge is 0.267 e. The third-order valence-electron chi connectivity index (χ3n) is 6.25. The zero-order chi connectivity index (χ0) is 24.9. The average Bonchev–Trinajstić information content (AvgIpc) is 3.26. The van der Waals surface area contributed by atoms with Crippen LogP contribution in [0.1, 0.15) is 5.56 Å². The predicted octanol–water partition coefficient (Wildman–Crippen LogP) is 5.49. The van der Waals surface area contributed by atoms with Gasteiger partial charge in [-0.2, -0.15) is 0 Å². The summed E-state index contributed by atoms with van der Waals surface area (Å²) in [5.41, 5.74) is 3.23. The van der Waals surface area contributed by atoms with Crippen molar-refractivity contribution in [3.8, 4) is 5.75 Å². The van der Waals surface area contributed by atoms with E-state index in [1.54, 1.807) is 42.5 Å². The average molecular weight is 499 g/mol. The third-order valence-corrected chi connectivity index (χ3v) is 8.05. The number of nitrogens with zero attached hydrogens (tertiary/aromatic N) is 1. The van der Waals surface area contributed by atoms with Crippen molar-refractivity contribution < 1.29 is 22.4 Å². The van der Waals surface area contributed by atoms with E-state index in [0.717, 1.165) is 21.9 Å². The first kappa shape index (κ1) is 22.2. The Morgan fingerprint density at radius 3 is 2.47 bits per heavy atom. The summed E-state index contributed by atoms with van der Waals surface area (Å²) in [6.45, 7) is 1.72. The number of carbonyl (C=O) groups excluding carboxylic acids is 1. The molecule has 1 N–H and O–H groups in total. The van der Waals surface area contributed by atoms with E-state index in [2.05, 4.69) is 5.32 Å². The highest BCUT2D eigenvalue weighted by Crippen LogP contribution is 2.38. The molecule has 5 aromatic rings. The number of furan rings is 1. The Morgan fingerprint density at radius 2 is 1.64 bits per heavy atom. The van der Waals surface area contributed by atoms with Crippen molar-refractivity contribution in [3.05, 3.63) is 96.6 Å². The lowest BCUT2D eigenvalue weighted by Crippen LogP contribution is -2.48. The summed E-state index contributed by atoms with van der Waals surface area (Å²) < 4.78 is 40.2. The lowest BCUT2D eigenvalue weighted by molar-refractivity contribution is -0.122. The number of aryl methyl sites for hydroxylation is 1. The first-order valence-corrected chi connectivity index (χ1v) is 12.9. The Labute approximate surface area is 208 Å². The van der Waals surface area contributed by atoms with Crippen molar-refractivity contribution in [1.82, 2.24) is 0 Å². The molecule has 0 bridgehead atoms. The largest absolute Gasteiger partial charge is 0.476 e. The van der Waals surface area contributed by atoms with Crippen molar-refractivity contribution in [2.75, 3.05) is 16.2 Å². The molecule has 8 heteroatoms. The molecule has 36 heavy (non-hydrogen) atoms. The van der Waals surface area contributed by atoms with Crippen LogP contribution >= 0.6 is 0 Å². The zero-order valence-electron chi connectivity index (χ0n) is 19.3. The molecular weight excluding hydrogens is 476 g/mol. The number of carbonyl (C=O) groups is 1. The van der Waals surface area contributed by atoms with Crippen LogP contribution in [0.15, 0.2) is 100 Å². The molecule has 0 saturated heterocycles. The molecule has 180 valence electrons. The SMILES string of the molecule is Cc1ccc2c(c1)N(S(=O)(=O)c1ccccc1)C[C@H](C(=O)Nc1ccc3c(c1)oc1ccccc13)O2. The highest BCUT2D eigenvalue weighted by Gasteiger charge is 2.37. The van der Waals surface area contributed by atoms with Gasteiger partial charge >= 0.3 is 0 Å². The van der Waals surface area contributed by atoms with Crippen LogP contribution in [0.2, 0.25) is 0 Å². The van der Waals surface area contributed by atoms with Crippen LogP contribution in [0.5, 0.6) is 5.75 Å². The lowest BCUT2D eigenvalue weighted by atomic mass is 10.1. The summed E-state index contributed by atoms with van der Waals surface area (Å²) in [5, 5.41) is 4.80. The fourth-order valence-corrected chi connectivity index (χ4v) is 5.96. The topological polar surface area (TPSA) is 88.9 Å². The summed E-state index contributed by atoms with van der Waals surface area (Å²) >= 11 is 0. The molecule has 7 nitrogen and oxygen atoms in total. The summed E-state index contributed by atoms with van der Waals surface area (Å²) in [6.07, 6.45) is -1.05. The van der Waals surface area contributed by atoms with E-state index in [-0.39, 0.29) is 11.4 Å². The van der Waals surface area contributed by atoms with Crippen LogP contribution in [-0.2, 0) is 14.8 Å². The van der Waals surface area contributed by atoms with Gasteiger partial charge in [-0.05, 0) is 55.0 Å². The van der Waals surface area contributed by atoms with E-state index < -0.39 is 22.0 Å². The van der Waals surface area contributed by atoms with Gasteiger partial charge in [-0.1, -0.05) is 42.5 Å². The van der Waals surface area contributed by atoms with Crippen LogP contribution in [0.25, 0.3) is 21.9 Å². The summed E-state index contributed by atoms with van der Waals surface area (Å²) in [5.74, 6) is -0.121. The molecule has 2 heterocycles. The Balaban J connectivity index is 1.32. The van der Waals surface area contributed by atoms with Crippen LogP contribution in [-0.4, -0.2) is 27.0 Å². The van der Waals surface area contributed by atoms with Gasteiger partial charge in [0.15, 0.2) is 6.10 Å². The highest BCUT2D eigenvalue weighted by molar-refractivity contribution is 7.92. The molecule has 0 saturated carbocycles. The van der Waals surface area contributed by atoms with Gasteiger partial charge in [-0.25, -0.2) is 8.42 Å². The van der Waals surface area contributed by atoms with Gasteiger partial charge in [-0.15, -0.1) is 0 Å². The Kier molecular flexibility index (Phi) is 5.19. The zero-order valence-corrected chi connectivity index (χ0v) is 20.2. The number of benzene rings is 4. The van der Waals surface area contributed by atoms with E-state index in [0.29, 0.717) is 22.7 Å². The Morgan fingerprint density at radius 1 is 0.889 bits per heavy atom. The number of fused-ring (bicyclic) bond motifs is 4. The fourth-order valence-electron chi connectivity index (χ4n) is 4.47. The molecule has 6 rings (SSSR count). The number of anilines is 2. The fraction of sp³-hybridized carbons (Fsp3) is 0.107. The van der Waals surface area contributed by atoms with E-state index in [1.165, 1.54) is 16.4 Å². The number of amides is 1. The van der Waals surface area contributed by atoms with E-state index >= 15 is 0 Å². The second-order valence-corrected chi connectivity index (χ2v) is 10.6. The lowest BCUT2D eigenvalue weighted by Gasteiger charge is -2.35. The summed E-state index contributed by atoms with van der Waals surface area (Å²) in [4.78, 5) is 13.4. The van der Waals surface area contributed by atoms with E-state index in [4.69, 9.17) is 9.15 Å². The highest BCUT2D eigenvalue weighted by atomic mass is 32.2. The van der Waals surface area contributed by atoms with Crippen molar-refractivity contribution in [2.24, 2.45) is 0 Å². The molecule has 1 aromatic heterocycles. The summed E-state index contributed by atoms with van der Waals surface area (Å²) in [7, 11) is -3.92. The molecule has 4 aromatic carbocycles. The number of nitrogens with one attached hydrogen (secondary N) is 1. The van der Waals surface area contributed by atoms with Crippen molar-refractivity contribution in [3.63, 3.8) is 0 Å². The molecule has 1 atom stereocenters. The van der Waals surface area contributed by atoms with Crippen LogP contribution in [0, 0.1) is 6.92 Å². The normalized spacial score (nSPS) is 15.5. The Hall–Kier alpha value is -4.30. The minimum Gasteiger partial charge on any atom is -0.476 e. The molecular formula is C28H22N2O5S. The van der Waals surface area contributed by atoms with Crippen LogP contribution < -0.4 is 14.4 Å².